The summed E-state index contributed by atoms with van der Waals surface area (Å²) in [7, 11) is 0. The topological polar surface area (TPSA) is 98.0 Å². The molecule has 4 aliphatic rings. The van der Waals surface area contributed by atoms with E-state index in [0.29, 0.717) is 23.8 Å². The molecule has 8 atom stereocenters. The van der Waals surface area contributed by atoms with E-state index in [2.05, 4.69) is 6.92 Å². The van der Waals surface area contributed by atoms with E-state index in [1.54, 1.807) is 6.92 Å². The third kappa shape index (κ3) is 2.58. The van der Waals surface area contributed by atoms with Gasteiger partial charge < -0.3 is 20.4 Å². The van der Waals surface area contributed by atoms with Crippen molar-refractivity contribution in [3.8, 4) is 0 Å². The zero-order valence-corrected chi connectivity index (χ0v) is 17.4. The van der Waals surface area contributed by atoms with Gasteiger partial charge in [-0.05, 0) is 93.3 Å². The van der Waals surface area contributed by atoms with Gasteiger partial charge in [-0.2, -0.15) is 0 Å². The number of aliphatic hydroxyl groups is 3. The Morgan fingerprint density at radius 2 is 1.64 bits per heavy atom. The van der Waals surface area contributed by atoms with Crippen LogP contribution in [0.15, 0.2) is 11.6 Å². The maximum Gasteiger partial charge on any atom is 0.330 e. The monoisotopic (exact) mass is 392 g/mol. The molecule has 4 aliphatic carbocycles. The Bertz CT molecular complexity index is 684. The number of aliphatic carboxylic acids is 1. The molecule has 158 valence electrons. The predicted molar refractivity (Wildman–Crippen MR) is 105 cm³/mol. The van der Waals surface area contributed by atoms with E-state index in [9.17, 15) is 25.2 Å². The third-order valence-electron chi connectivity index (χ3n) is 9.81. The fourth-order valence-electron chi connectivity index (χ4n) is 8.06. The molecule has 0 aromatic heterocycles. The Kier molecular flexibility index (Phi) is 4.76. The molecule has 0 radical (unpaired) electrons. The quantitative estimate of drug-likeness (QED) is 0.427. The predicted octanol–water partition coefficient (Wildman–Crippen LogP) is 3.33. The lowest BCUT2D eigenvalue weighted by Crippen LogP contribution is -2.68. The van der Waals surface area contributed by atoms with Crippen molar-refractivity contribution in [2.45, 2.75) is 84.0 Å². The van der Waals surface area contributed by atoms with Crippen LogP contribution in [0.5, 0.6) is 0 Å². The molecule has 28 heavy (non-hydrogen) atoms. The molecule has 0 spiro atoms. The SMILES string of the molecule is C/C(=C\[C@@H]1CC[C@H]2[C@@H]3CC[C@@H]4CCC(O)C(O)(O)[C@]4(C)[C@H]3CC[C@]12C)C(=O)O. The molecule has 5 heteroatoms. The standard InChI is InChI=1S/C23H36O5/c1-13(20(25)26)12-15-5-8-17-16-7-4-14-6-9-19(24)23(27,28)22(14,3)18(16)10-11-21(15,17)2/h12,14-19,24,27-28H,4-11H2,1-3H3,(H,25,26)/b13-12+/t14-,15+,16+,17+,18+,19?,21-,22+/m1/s1. The van der Waals surface area contributed by atoms with Crippen LogP contribution in [-0.4, -0.2) is 38.3 Å². The molecule has 0 heterocycles. The summed E-state index contributed by atoms with van der Waals surface area (Å²) in [6.45, 7) is 6.03. The fraction of sp³-hybridized carbons (Fsp3) is 0.870. The van der Waals surface area contributed by atoms with Gasteiger partial charge in [0, 0.05) is 11.0 Å². The highest BCUT2D eigenvalue weighted by atomic mass is 16.5. The normalized spacial score (nSPS) is 50.4. The minimum atomic E-state index is -2.02. The van der Waals surface area contributed by atoms with Crippen molar-refractivity contribution in [3.63, 3.8) is 0 Å². The van der Waals surface area contributed by atoms with Crippen LogP contribution in [0.3, 0.4) is 0 Å². The largest absolute Gasteiger partial charge is 0.478 e. The van der Waals surface area contributed by atoms with Crippen LogP contribution in [-0.2, 0) is 4.79 Å². The summed E-state index contributed by atoms with van der Waals surface area (Å²) < 4.78 is 0. The Balaban J connectivity index is 1.65. The molecule has 1 unspecified atom stereocenters. The highest BCUT2D eigenvalue weighted by Crippen LogP contribution is 2.68. The molecule has 4 fully saturated rings. The number of hydrogen-bond donors (Lipinski definition) is 4. The van der Waals surface area contributed by atoms with E-state index in [4.69, 9.17) is 0 Å². The molecule has 0 saturated heterocycles. The average molecular weight is 393 g/mol. The molecule has 0 bridgehead atoms. The van der Waals surface area contributed by atoms with Crippen molar-refractivity contribution in [2.24, 2.45) is 40.4 Å². The van der Waals surface area contributed by atoms with Gasteiger partial charge in [-0.15, -0.1) is 0 Å². The molecule has 4 saturated carbocycles. The molecule has 4 N–H and O–H groups in total. The second-order valence-electron chi connectivity index (χ2n) is 10.6. The lowest BCUT2D eigenvalue weighted by atomic mass is 9.43. The van der Waals surface area contributed by atoms with Gasteiger partial charge in [0.25, 0.3) is 0 Å². The van der Waals surface area contributed by atoms with E-state index in [1.807, 2.05) is 13.0 Å². The van der Waals surface area contributed by atoms with Gasteiger partial charge in [0.15, 0.2) is 5.79 Å². The minimum absolute atomic E-state index is 0.0852. The fourth-order valence-corrected chi connectivity index (χ4v) is 8.06. The number of carbonyl (C=O) groups is 1. The first-order chi connectivity index (χ1) is 13.0. The summed E-state index contributed by atoms with van der Waals surface area (Å²) in [6.07, 6.45) is 8.36. The van der Waals surface area contributed by atoms with Crippen molar-refractivity contribution in [3.05, 3.63) is 11.6 Å². The van der Waals surface area contributed by atoms with Crippen LogP contribution < -0.4 is 0 Å². The lowest BCUT2D eigenvalue weighted by Gasteiger charge is -2.64. The Morgan fingerprint density at radius 3 is 2.32 bits per heavy atom. The first-order valence-corrected chi connectivity index (χ1v) is 11.1. The second-order valence-corrected chi connectivity index (χ2v) is 10.6. The number of fused-ring (bicyclic) bond motifs is 5. The van der Waals surface area contributed by atoms with Crippen molar-refractivity contribution >= 4 is 5.97 Å². The highest BCUT2D eigenvalue weighted by Gasteiger charge is 2.67. The molecule has 0 amide bonds. The van der Waals surface area contributed by atoms with Crippen molar-refractivity contribution in [1.29, 1.82) is 0 Å². The van der Waals surface area contributed by atoms with Crippen LogP contribution in [0.1, 0.15) is 72.1 Å². The molecule has 5 nitrogen and oxygen atoms in total. The van der Waals surface area contributed by atoms with Crippen LogP contribution in [0, 0.1) is 40.4 Å². The summed E-state index contributed by atoms with van der Waals surface area (Å²) in [4.78, 5) is 11.3. The van der Waals surface area contributed by atoms with Crippen LogP contribution in [0.25, 0.3) is 0 Å². The highest BCUT2D eigenvalue weighted by molar-refractivity contribution is 5.85. The molecule has 0 aromatic rings. The van der Waals surface area contributed by atoms with Gasteiger partial charge in [-0.25, -0.2) is 4.79 Å². The number of hydrogen-bond acceptors (Lipinski definition) is 4. The Morgan fingerprint density at radius 1 is 0.964 bits per heavy atom. The summed E-state index contributed by atoms with van der Waals surface area (Å²) >= 11 is 0. The zero-order valence-electron chi connectivity index (χ0n) is 17.4. The van der Waals surface area contributed by atoms with Crippen LogP contribution >= 0.6 is 0 Å². The smallest absolute Gasteiger partial charge is 0.330 e. The van der Waals surface area contributed by atoms with Crippen molar-refractivity contribution in [2.75, 3.05) is 0 Å². The maximum absolute atomic E-state index is 11.3. The number of carboxylic acids is 1. The number of carboxylic acid groups (broad SMARTS) is 1. The Labute approximate surface area is 167 Å². The first-order valence-electron chi connectivity index (χ1n) is 11.1. The lowest BCUT2D eigenvalue weighted by molar-refractivity contribution is -0.349. The van der Waals surface area contributed by atoms with Crippen LogP contribution in [0.4, 0.5) is 0 Å². The van der Waals surface area contributed by atoms with Gasteiger partial charge in [0.1, 0.15) is 6.10 Å². The number of rotatable bonds is 2. The van der Waals surface area contributed by atoms with E-state index in [0.717, 1.165) is 44.9 Å². The Hall–Kier alpha value is -0.910. The van der Waals surface area contributed by atoms with Crippen molar-refractivity contribution in [1.82, 2.24) is 0 Å². The van der Waals surface area contributed by atoms with Crippen LogP contribution in [0.2, 0.25) is 0 Å². The number of aliphatic hydroxyl groups excluding tert-OH is 1. The van der Waals surface area contributed by atoms with Gasteiger partial charge in [0.2, 0.25) is 0 Å². The summed E-state index contributed by atoms with van der Waals surface area (Å²) in [5.74, 6) is -1.21. The van der Waals surface area contributed by atoms with Gasteiger partial charge in [-0.1, -0.05) is 19.9 Å². The van der Waals surface area contributed by atoms with Gasteiger partial charge in [-0.3, -0.25) is 0 Å². The summed E-state index contributed by atoms with van der Waals surface area (Å²) in [6, 6.07) is 0. The second kappa shape index (κ2) is 6.55. The molecule has 0 aliphatic heterocycles. The van der Waals surface area contributed by atoms with E-state index >= 15 is 0 Å². The molecular weight excluding hydrogens is 356 g/mol. The first kappa shape index (κ1) is 20.4. The summed E-state index contributed by atoms with van der Waals surface area (Å²) in [5, 5.41) is 41.7. The van der Waals surface area contributed by atoms with E-state index < -0.39 is 23.3 Å². The zero-order chi connectivity index (χ0) is 20.5. The van der Waals surface area contributed by atoms with Crippen molar-refractivity contribution < 1.29 is 25.2 Å². The molecule has 4 rings (SSSR count). The van der Waals surface area contributed by atoms with Gasteiger partial charge in [0.05, 0.1) is 0 Å². The molecule has 0 aromatic carbocycles. The summed E-state index contributed by atoms with van der Waals surface area (Å²) in [5.41, 5.74) is -0.147. The van der Waals surface area contributed by atoms with Gasteiger partial charge >= 0.3 is 5.97 Å². The minimum Gasteiger partial charge on any atom is -0.478 e. The third-order valence-corrected chi connectivity index (χ3v) is 9.81. The maximum atomic E-state index is 11.3. The number of allylic oxidation sites excluding steroid dienone is 1. The average Bonchev–Trinajstić information content (AvgIpc) is 2.96. The van der Waals surface area contributed by atoms with E-state index in [1.165, 1.54) is 0 Å². The molecular formula is C23H36O5. The van der Waals surface area contributed by atoms with E-state index in [-0.39, 0.29) is 23.2 Å².